The minimum absolute atomic E-state index is 0.00349. The van der Waals surface area contributed by atoms with Crippen LogP contribution in [0.15, 0.2) is 12.1 Å². The van der Waals surface area contributed by atoms with Crippen molar-refractivity contribution in [2.45, 2.75) is 37.5 Å². The van der Waals surface area contributed by atoms with Crippen molar-refractivity contribution < 1.29 is 39.3 Å². The molecule has 11 nitrogen and oxygen atoms in total. The highest BCUT2D eigenvalue weighted by Gasteiger charge is 2.69. The summed E-state index contributed by atoms with van der Waals surface area (Å²) < 4.78 is 0. The van der Waals surface area contributed by atoms with Crippen molar-refractivity contribution in [1.82, 2.24) is 4.90 Å². The van der Waals surface area contributed by atoms with Gasteiger partial charge in [-0.2, -0.15) is 0 Å². The third-order valence-electron chi connectivity index (χ3n) is 7.47. The Bertz CT molecular complexity index is 1130. The predicted molar refractivity (Wildman–Crippen MR) is 117 cm³/mol. The molecule has 4 rings (SSSR count). The number of nitrogens with two attached hydrogens (primary N) is 1. The first-order valence-electron chi connectivity index (χ1n) is 10.9. The Morgan fingerprint density at radius 3 is 2.38 bits per heavy atom. The van der Waals surface area contributed by atoms with Gasteiger partial charge in [0.1, 0.15) is 11.7 Å². The highest BCUT2D eigenvalue weighted by Crippen LogP contribution is 2.51. The minimum Gasteiger partial charge on any atom is -0.505 e. The monoisotopic (exact) mass is 473 g/mol. The zero-order chi connectivity index (χ0) is 25.3. The number of aromatic hydroxyl groups is 1. The number of carbonyl (C=O) groups excluding carboxylic acids is 5. The molecule has 182 valence electrons. The van der Waals surface area contributed by atoms with Gasteiger partial charge in [0.15, 0.2) is 23.0 Å². The van der Waals surface area contributed by atoms with Gasteiger partial charge in [-0.3, -0.25) is 24.0 Å². The van der Waals surface area contributed by atoms with E-state index in [0.29, 0.717) is 5.56 Å². The lowest BCUT2D eigenvalue weighted by Gasteiger charge is -2.54. The molecule has 1 aromatic carbocycles. The number of carbonyl (C=O) groups is 5. The first-order chi connectivity index (χ1) is 15.8. The number of anilines is 1. The smallest absolute Gasteiger partial charge is 0.230 e. The van der Waals surface area contributed by atoms with Gasteiger partial charge in [0.25, 0.3) is 0 Å². The van der Waals surface area contributed by atoms with Gasteiger partial charge >= 0.3 is 0 Å². The van der Waals surface area contributed by atoms with E-state index in [1.807, 2.05) is 0 Å². The molecule has 6 N–H and O–H groups in total. The van der Waals surface area contributed by atoms with Crippen LogP contribution in [0.3, 0.4) is 0 Å². The number of ketones is 3. The molecule has 2 saturated carbocycles. The average molecular weight is 473 g/mol. The number of primary amides is 1. The molecule has 3 unspecified atom stereocenters. The lowest BCUT2D eigenvalue weighted by Crippen LogP contribution is -2.75. The van der Waals surface area contributed by atoms with Crippen molar-refractivity contribution in [1.29, 1.82) is 0 Å². The van der Waals surface area contributed by atoms with Gasteiger partial charge in [-0.1, -0.05) is 6.07 Å². The number of hydrogen-bond donors (Lipinski definition) is 5. The summed E-state index contributed by atoms with van der Waals surface area (Å²) in [6.07, 6.45) is -1.30. The lowest BCUT2D eigenvalue weighted by molar-refractivity contribution is -0.190. The molecule has 2 fully saturated rings. The van der Waals surface area contributed by atoms with E-state index in [1.54, 1.807) is 20.2 Å². The van der Waals surface area contributed by atoms with Crippen LogP contribution in [0.2, 0.25) is 0 Å². The molecule has 0 radical (unpaired) electrons. The maximum Gasteiger partial charge on any atom is 0.230 e. The highest BCUT2D eigenvalue weighted by atomic mass is 16.3. The molecule has 2 amide bonds. The van der Waals surface area contributed by atoms with E-state index >= 15 is 0 Å². The van der Waals surface area contributed by atoms with E-state index in [0.717, 1.165) is 0 Å². The molecule has 0 aromatic heterocycles. The summed E-state index contributed by atoms with van der Waals surface area (Å²) in [7, 11) is 3.17. The number of phenols is 1. The van der Waals surface area contributed by atoms with E-state index in [1.165, 1.54) is 17.9 Å². The van der Waals surface area contributed by atoms with Crippen LogP contribution in [0.5, 0.6) is 5.75 Å². The maximum atomic E-state index is 13.7. The SMILES string of the molecule is CC(=O)Nc1ccc2c(c1O)C(=O)C1C(=O)[C@@]3(O)C(=O)C(C(N)=O)C(O)[C@H](N(C)C)[C@H]3C[C@H]1C2. The largest absolute Gasteiger partial charge is 0.505 e. The normalized spacial score (nSPS) is 34.8. The molecular formula is C23H27N3O8. The summed E-state index contributed by atoms with van der Waals surface area (Å²) in [5, 5.41) is 35.4. The number of hydrogen-bond acceptors (Lipinski definition) is 9. The molecule has 3 aliphatic rings. The molecule has 1 aromatic rings. The fourth-order valence-corrected chi connectivity index (χ4v) is 6.09. The van der Waals surface area contributed by atoms with Crippen molar-refractivity contribution in [2.24, 2.45) is 29.4 Å². The lowest BCUT2D eigenvalue weighted by atomic mass is 9.52. The molecule has 34 heavy (non-hydrogen) atoms. The second-order valence-corrected chi connectivity index (χ2v) is 9.65. The number of nitrogens with one attached hydrogen (secondary N) is 1. The summed E-state index contributed by atoms with van der Waals surface area (Å²) >= 11 is 0. The number of aliphatic hydroxyl groups excluding tert-OH is 1. The maximum absolute atomic E-state index is 13.7. The second-order valence-electron chi connectivity index (χ2n) is 9.65. The molecule has 11 heteroatoms. The molecule has 0 heterocycles. The summed E-state index contributed by atoms with van der Waals surface area (Å²) in [4.78, 5) is 65.3. The molecule has 0 spiro atoms. The van der Waals surface area contributed by atoms with Crippen molar-refractivity contribution in [3.63, 3.8) is 0 Å². The van der Waals surface area contributed by atoms with Crippen molar-refractivity contribution in [3.05, 3.63) is 23.3 Å². The Morgan fingerprint density at radius 2 is 1.82 bits per heavy atom. The van der Waals surface area contributed by atoms with Crippen molar-refractivity contribution in [3.8, 4) is 5.75 Å². The van der Waals surface area contributed by atoms with Gasteiger partial charge in [-0.25, -0.2) is 0 Å². The summed E-state index contributed by atoms with van der Waals surface area (Å²) in [5.74, 6) is -10.1. The Kier molecular flexibility index (Phi) is 5.62. The number of phenolic OH excluding ortho intramolecular Hbond substituents is 1. The van der Waals surface area contributed by atoms with Crippen LogP contribution in [-0.2, 0) is 25.6 Å². The van der Waals surface area contributed by atoms with Gasteiger partial charge in [-0.05, 0) is 44.5 Å². The Hall–Kier alpha value is -3.15. The second kappa shape index (κ2) is 7.97. The van der Waals surface area contributed by atoms with E-state index in [9.17, 15) is 39.3 Å². The number of likely N-dealkylation sites (N-methyl/N-ethyl adjacent to an activating group) is 1. The molecule has 0 bridgehead atoms. The third-order valence-corrected chi connectivity index (χ3v) is 7.47. The number of amides is 2. The quantitative estimate of drug-likeness (QED) is 0.260. The molecule has 0 saturated heterocycles. The average Bonchev–Trinajstić information content (AvgIpc) is 2.72. The fraction of sp³-hybridized carbons (Fsp3) is 0.522. The van der Waals surface area contributed by atoms with Crippen molar-refractivity contribution >= 4 is 34.9 Å². The van der Waals surface area contributed by atoms with E-state index in [-0.39, 0.29) is 24.1 Å². The number of Topliss-reactive ketones (excluding diaryl/α,β-unsaturated/α-hetero) is 3. The zero-order valence-corrected chi connectivity index (χ0v) is 18.9. The minimum atomic E-state index is -2.70. The Morgan fingerprint density at radius 1 is 1.18 bits per heavy atom. The van der Waals surface area contributed by atoms with Crippen LogP contribution in [0.4, 0.5) is 5.69 Å². The van der Waals surface area contributed by atoms with Crippen LogP contribution >= 0.6 is 0 Å². The summed E-state index contributed by atoms with van der Waals surface area (Å²) in [6, 6.07) is 2.09. The topological polar surface area (TPSA) is 187 Å². The molecule has 0 aliphatic heterocycles. The van der Waals surface area contributed by atoms with Gasteiger partial charge in [0.2, 0.25) is 11.8 Å². The number of rotatable bonds is 3. The number of fused-ring (bicyclic) bond motifs is 3. The van der Waals surface area contributed by atoms with Gasteiger partial charge in [0, 0.05) is 18.9 Å². The van der Waals surface area contributed by atoms with Gasteiger partial charge in [0.05, 0.1) is 23.3 Å². The van der Waals surface area contributed by atoms with E-state index in [4.69, 9.17) is 5.73 Å². The van der Waals surface area contributed by atoms with Crippen LogP contribution in [0.1, 0.15) is 29.3 Å². The summed E-state index contributed by atoms with van der Waals surface area (Å²) in [6.45, 7) is 1.23. The third kappa shape index (κ3) is 3.18. The molecule has 3 aliphatic carbocycles. The first-order valence-corrected chi connectivity index (χ1v) is 10.9. The number of nitrogens with zero attached hydrogens (tertiary/aromatic N) is 1. The summed E-state index contributed by atoms with van der Waals surface area (Å²) in [5.41, 5.74) is 2.95. The Labute approximate surface area is 194 Å². The number of aliphatic hydroxyl groups is 2. The number of benzene rings is 1. The van der Waals surface area contributed by atoms with Crippen LogP contribution in [0, 0.1) is 23.7 Å². The molecule has 7 atom stereocenters. The highest BCUT2D eigenvalue weighted by molar-refractivity contribution is 6.25. The standard InChI is InChI=1S/C23H27N3O8/c1-8(27)25-12-5-4-9-6-10-7-11-16(26(2)3)19(30)15(22(24)33)21(32)23(11,34)20(31)14(10)18(29)13(9)17(12)28/h4-5,10-11,14-16,19,28,30,34H,6-7H2,1-3H3,(H2,24,33)(H,25,27)/t10-,11-,14?,15?,16-,19?,23-/m1/s1. The van der Waals surface area contributed by atoms with E-state index < -0.39 is 76.3 Å². The van der Waals surface area contributed by atoms with Gasteiger partial charge in [-0.15, -0.1) is 0 Å². The van der Waals surface area contributed by atoms with Crippen LogP contribution < -0.4 is 11.1 Å². The van der Waals surface area contributed by atoms with Gasteiger partial charge < -0.3 is 31.3 Å². The first kappa shape index (κ1) is 24.0. The fourth-order valence-electron chi connectivity index (χ4n) is 6.09. The van der Waals surface area contributed by atoms with Crippen LogP contribution in [0.25, 0.3) is 0 Å². The van der Waals surface area contributed by atoms with Crippen molar-refractivity contribution in [2.75, 3.05) is 19.4 Å². The van der Waals surface area contributed by atoms with E-state index in [2.05, 4.69) is 5.32 Å². The van der Waals surface area contributed by atoms with Crippen LogP contribution in [-0.4, -0.2) is 81.2 Å². The Balaban J connectivity index is 1.83. The predicted octanol–water partition coefficient (Wildman–Crippen LogP) is -1.38. The zero-order valence-electron chi connectivity index (χ0n) is 18.9. The molecular weight excluding hydrogens is 446 g/mol.